The Balaban J connectivity index is -0.0000000702. The Kier molecular flexibility index (Phi) is 22.5. The maximum Gasteiger partial charge on any atom is 0.294 e. The van der Waals surface area contributed by atoms with Gasteiger partial charge in [-0.2, -0.15) is 33.7 Å². The Morgan fingerprint density at radius 3 is 0.480 bits per heavy atom. The summed E-state index contributed by atoms with van der Waals surface area (Å²) in [6.45, 7) is 0. The van der Waals surface area contributed by atoms with Gasteiger partial charge in [-0.15, -0.1) is 0 Å². The summed E-state index contributed by atoms with van der Waals surface area (Å²) >= 11 is 0. The maximum absolute atomic E-state index is 10.7. The average molecular weight is 489 g/mol. The van der Waals surface area contributed by atoms with E-state index in [0.717, 1.165) is 0 Å². The van der Waals surface area contributed by atoms with Crippen LogP contribution in [0.25, 0.3) is 0 Å². The van der Waals surface area contributed by atoms with Gasteiger partial charge in [-0.05, 0) is 11.0 Å². The monoisotopic (exact) mass is 488 g/mol. The minimum Gasteiger partial charge on any atom is -0.284 e. The summed E-state index contributed by atoms with van der Waals surface area (Å²) in [6.07, 6.45) is 0. The van der Waals surface area contributed by atoms with Crippen molar-refractivity contribution in [3.63, 3.8) is 0 Å². The molecular formula is C4H16F4O12S4Si. The maximum atomic E-state index is 10.7. The zero-order valence-electron chi connectivity index (χ0n) is 11.0. The van der Waals surface area contributed by atoms with E-state index in [1.165, 1.54) is 0 Å². The van der Waals surface area contributed by atoms with Gasteiger partial charge in [-0.3, -0.25) is 18.2 Å². The predicted octanol–water partition coefficient (Wildman–Crippen LogP) is -2.25. The predicted molar refractivity (Wildman–Crippen MR) is 81.4 cm³/mol. The van der Waals surface area contributed by atoms with E-state index in [9.17, 15) is 51.2 Å². The smallest absolute Gasteiger partial charge is 0.284 e. The molecular weight excluding hydrogens is 472 g/mol. The highest BCUT2D eigenvalue weighted by molar-refractivity contribution is 7.86. The summed E-state index contributed by atoms with van der Waals surface area (Å²) in [7, 11) is -17.3. The van der Waals surface area contributed by atoms with Crippen molar-refractivity contribution >= 4 is 51.4 Å². The van der Waals surface area contributed by atoms with E-state index in [4.69, 9.17) is 18.2 Å². The normalized spacial score (nSPS) is 11.2. The van der Waals surface area contributed by atoms with Gasteiger partial charge in [0.1, 0.15) is 0 Å². The zero-order chi connectivity index (χ0) is 20.8. The number of hydrogen-bond acceptors (Lipinski definition) is 8. The molecule has 0 aromatic heterocycles. The van der Waals surface area contributed by atoms with Crippen molar-refractivity contribution in [2.75, 3.05) is 24.0 Å². The molecule has 0 aromatic rings. The van der Waals surface area contributed by atoms with E-state index in [1.54, 1.807) is 0 Å². The van der Waals surface area contributed by atoms with Crippen LogP contribution in [0.5, 0.6) is 0 Å². The molecule has 0 heterocycles. The van der Waals surface area contributed by atoms with E-state index < -0.39 is 64.5 Å². The molecule has 0 amide bonds. The molecule has 0 aliphatic rings. The fourth-order valence-electron chi connectivity index (χ4n) is 0. The van der Waals surface area contributed by atoms with Crippen molar-refractivity contribution in [3.05, 3.63) is 0 Å². The van der Waals surface area contributed by atoms with Crippen LogP contribution in [0.1, 0.15) is 0 Å². The molecule has 4 N–H and O–H groups in total. The van der Waals surface area contributed by atoms with Crippen molar-refractivity contribution in [2.45, 2.75) is 0 Å². The van der Waals surface area contributed by atoms with Crippen LogP contribution in [0.3, 0.4) is 0 Å². The Hall–Kier alpha value is -0.423. The molecule has 0 saturated carbocycles. The van der Waals surface area contributed by atoms with Crippen molar-refractivity contribution in [1.29, 1.82) is 0 Å². The third kappa shape index (κ3) is 81.9. The van der Waals surface area contributed by atoms with Crippen molar-refractivity contribution in [1.82, 2.24) is 0 Å². The van der Waals surface area contributed by atoms with E-state index in [2.05, 4.69) is 0 Å². The second-order valence-corrected chi connectivity index (χ2v) is 8.29. The molecule has 25 heavy (non-hydrogen) atoms. The zero-order valence-corrected chi connectivity index (χ0v) is 14.3. The minimum atomic E-state index is -4.33. The van der Waals surface area contributed by atoms with E-state index in [0.29, 0.717) is 0 Å². The molecule has 0 aliphatic heterocycles. The summed E-state index contributed by atoms with van der Waals surface area (Å²) < 4.78 is 146. The van der Waals surface area contributed by atoms with Crippen LogP contribution in [0, 0.1) is 0 Å². The third-order valence-electron chi connectivity index (χ3n) is 0.552. The first-order chi connectivity index (χ1) is 10.2. The topological polar surface area (TPSA) is 217 Å². The standard InChI is InChI=1S/4CH3FO3S.H4Si/c4*2-1-6(3,4)5;/h4*1H2,(H,3,4,5);1H4. The summed E-state index contributed by atoms with van der Waals surface area (Å²) in [5, 5.41) is 0. The van der Waals surface area contributed by atoms with Gasteiger partial charge in [0, 0.05) is 0 Å². The minimum absolute atomic E-state index is 0. The van der Waals surface area contributed by atoms with Gasteiger partial charge in [0.2, 0.25) is 24.0 Å². The molecule has 0 unspecified atom stereocenters. The third-order valence-corrected chi connectivity index (χ3v) is 1.65. The van der Waals surface area contributed by atoms with Gasteiger partial charge in [-0.1, -0.05) is 0 Å². The molecule has 0 fully saturated rings. The number of rotatable bonds is 4. The molecule has 12 nitrogen and oxygen atoms in total. The molecule has 21 heteroatoms. The number of halogens is 4. The fraction of sp³-hybridized carbons (Fsp3) is 1.00. The second-order valence-electron chi connectivity index (χ2n) is 2.76. The highest BCUT2D eigenvalue weighted by Gasteiger charge is 1.99. The summed E-state index contributed by atoms with van der Waals surface area (Å²) in [6, 6.07) is -6.81. The molecule has 160 valence electrons. The Bertz CT molecular complexity index is 585. The average Bonchev–Trinajstić information content (AvgIpc) is 2.37. The molecule has 0 aliphatic carbocycles. The summed E-state index contributed by atoms with van der Waals surface area (Å²) in [5.41, 5.74) is 0. The Labute approximate surface area is 145 Å². The van der Waals surface area contributed by atoms with Crippen LogP contribution in [0.15, 0.2) is 0 Å². The van der Waals surface area contributed by atoms with Crippen LogP contribution in [0.4, 0.5) is 17.6 Å². The second kappa shape index (κ2) is 15.8. The lowest BCUT2D eigenvalue weighted by molar-refractivity contribution is 0.446. The molecule has 0 atom stereocenters. The molecule has 0 bridgehead atoms. The first-order valence-electron chi connectivity index (χ1n) is 4.29. The van der Waals surface area contributed by atoms with Gasteiger partial charge >= 0.3 is 0 Å². The van der Waals surface area contributed by atoms with Crippen LogP contribution < -0.4 is 0 Å². The van der Waals surface area contributed by atoms with E-state index in [-0.39, 0.29) is 11.0 Å². The van der Waals surface area contributed by atoms with Crippen LogP contribution in [-0.2, 0) is 40.5 Å². The number of alkyl halides is 4. The highest BCUT2D eigenvalue weighted by atomic mass is 32.2. The summed E-state index contributed by atoms with van der Waals surface area (Å²) in [4.78, 5) is 0. The van der Waals surface area contributed by atoms with E-state index >= 15 is 0 Å². The molecule has 0 spiro atoms. The van der Waals surface area contributed by atoms with Crippen molar-refractivity contribution in [2.24, 2.45) is 0 Å². The van der Waals surface area contributed by atoms with Crippen LogP contribution >= 0.6 is 0 Å². The van der Waals surface area contributed by atoms with Crippen LogP contribution in [0.2, 0.25) is 0 Å². The number of hydrogen-bond donors (Lipinski definition) is 4. The summed E-state index contributed by atoms with van der Waals surface area (Å²) in [5.74, 6) is 0. The van der Waals surface area contributed by atoms with Gasteiger partial charge in [0.05, 0.1) is 0 Å². The van der Waals surface area contributed by atoms with Gasteiger partial charge in [0.25, 0.3) is 40.5 Å². The quantitative estimate of drug-likeness (QED) is 0.187. The Morgan fingerprint density at radius 1 is 0.440 bits per heavy atom. The van der Waals surface area contributed by atoms with Gasteiger partial charge in [-0.25, -0.2) is 17.6 Å². The lowest BCUT2D eigenvalue weighted by Crippen LogP contribution is -1.96. The lowest BCUT2D eigenvalue weighted by atomic mass is 11.8. The van der Waals surface area contributed by atoms with Gasteiger partial charge < -0.3 is 0 Å². The van der Waals surface area contributed by atoms with Crippen molar-refractivity contribution < 1.29 is 69.4 Å². The largest absolute Gasteiger partial charge is 0.294 e. The molecule has 0 radical (unpaired) electrons. The molecule has 0 aromatic carbocycles. The van der Waals surface area contributed by atoms with Crippen molar-refractivity contribution in [3.8, 4) is 0 Å². The molecule has 0 rings (SSSR count). The highest BCUT2D eigenvalue weighted by Crippen LogP contribution is 1.79. The first kappa shape index (κ1) is 35.6. The van der Waals surface area contributed by atoms with Crippen LogP contribution in [-0.4, -0.2) is 86.9 Å². The van der Waals surface area contributed by atoms with E-state index in [1.807, 2.05) is 0 Å². The first-order valence-corrected chi connectivity index (χ1v) is 10.7. The lowest BCUT2D eigenvalue weighted by Gasteiger charge is -1.77. The molecule has 0 saturated heterocycles. The SMILES string of the molecule is O=S(=O)(O)CF.O=S(=O)(O)CF.O=S(=O)(O)CF.O=S(=O)(O)CF.[SiH4]. The van der Waals surface area contributed by atoms with Gasteiger partial charge in [0.15, 0.2) is 0 Å². The Morgan fingerprint density at radius 2 is 0.480 bits per heavy atom. The fourth-order valence-corrected chi connectivity index (χ4v) is 0.